The van der Waals surface area contributed by atoms with Crippen LogP contribution < -0.4 is 25.4 Å². The van der Waals surface area contributed by atoms with Crippen LogP contribution in [0, 0.1) is 5.92 Å². The predicted molar refractivity (Wildman–Crippen MR) is 232 cm³/mol. The van der Waals surface area contributed by atoms with E-state index in [2.05, 4.69) is 20.0 Å². The van der Waals surface area contributed by atoms with Crippen molar-refractivity contribution in [2.75, 3.05) is 57.3 Å². The van der Waals surface area contributed by atoms with Crippen molar-refractivity contribution in [1.29, 1.82) is 0 Å². The normalized spacial score (nSPS) is 21.9. The zero-order valence-electron chi connectivity index (χ0n) is 34.0. The SMILES string of the molecule is N[C@H](CN1CCCC1)[C@H](O)c1ccc(OC2CCC2)c(Cl)c1.O=C(N[C@H](CN1CCCC1)[C@H](O)c1ccc(OC2CCC2)c(Cl)c1)[C@@H]1CCN(c2ccc(Cl)cc2)C1.[Y]. The molecule has 0 bridgehead atoms. The number of hydrogen-bond acceptors (Lipinski definition) is 9. The minimum atomic E-state index is -0.862. The van der Waals surface area contributed by atoms with Gasteiger partial charge in [-0.2, -0.15) is 0 Å². The number of likely N-dealkylation sites (tertiary alicyclic amines) is 2. The Balaban J connectivity index is 0.000000218. The Labute approximate surface area is 390 Å². The van der Waals surface area contributed by atoms with Crippen molar-refractivity contribution in [3.63, 3.8) is 0 Å². The molecule has 2 saturated carbocycles. The minimum Gasteiger partial charge on any atom is -0.489 e. The molecule has 5 aliphatic rings. The van der Waals surface area contributed by atoms with Gasteiger partial charge in [0.05, 0.1) is 40.3 Å². The maximum Gasteiger partial charge on any atom is 0.225 e. The van der Waals surface area contributed by atoms with E-state index in [1.165, 1.54) is 25.7 Å². The molecule has 0 spiro atoms. The zero-order valence-corrected chi connectivity index (χ0v) is 39.1. The minimum absolute atomic E-state index is 0. The number of aliphatic hydroxyl groups is 2. The van der Waals surface area contributed by atoms with Crippen LogP contribution in [-0.2, 0) is 37.5 Å². The number of nitrogens with two attached hydrogens (primary N) is 1. The van der Waals surface area contributed by atoms with Gasteiger partial charge in [0.15, 0.2) is 0 Å². The summed E-state index contributed by atoms with van der Waals surface area (Å²) in [6, 6.07) is 18.0. The first-order valence-electron chi connectivity index (χ1n) is 21.4. The van der Waals surface area contributed by atoms with Crippen molar-refractivity contribution in [2.24, 2.45) is 11.7 Å². The van der Waals surface area contributed by atoms with E-state index in [1.807, 2.05) is 48.5 Å². The first-order chi connectivity index (χ1) is 28.1. The van der Waals surface area contributed by atoms with E-state index in [9.17, 15) is 15.0 Å². The van der Waals surface area contributed by atoms with E-state index in [0.717, 1.165) is 95.5 Å². The van der Waals surface area contributed by atoms with Crippen molar-refractivity contribution in [2.45, 2.75) is 107 Å². The summed E-state index contributed by atoms with van der Waals surface area (Å²) in [6.07, 6.45) is 11.2. The van der Waals surface area contributed by atoms with Gasteiger partial charge in [0.2, 0.25) is 5.91 Å². The molecule has 0 aromatic heterocycles. The maximum atomic E-state index is 13.3. The van der Waals surface area contributed by atoms with E-state index in [4.69, 9.17) is 50.0 Å². The van der Waals surface area contributed by atoms with Crippen LogP contribution in [0.25, 0.3) is 0 Å². The average molecular weight is 946 g/mol. The Morgan fingerprint density at radius 1 is 0.695 bits per heavy atom. The maximum absolute atomic E-state index is 13.3. The van der Waals surface area contributed by atoms with Crippen LogP contribution in [0.15, 0.2) is 60.7 Å². The fourth-order valence-electron chi connectivity index (χ4n) is 8.40. The summed E-state index contributed by atoms with van der Waals surface area (Å²) in [5, 5.41) is 26.8. The Morgan fingerprint density at radius 3 is 1.69 bits per heavy atom. The van der Waals surface area contributed by atoms with Gasteiger partial charge in [-0.15, -0.1) is 0 Å². The third kappa shape index (κ3) is 12.9. The standard InChI is InChI=1S/C28H35Cl2N3O3.C17H25ClN2O2.Y/c29-21-7-9-22(10-8-21)33-15-12-20(17-33)28(35)31-25(18-32-13-1-2-14-32)27(34)19-6-11-26(24(30)16-19)36-23-4-3-5-23;18-14-10-12(6-7-16(14)22-13-4-3-5-13)17(21)15(19)11-20-8-1-2-9-20;/h6-11,16,20,23,25,27,34H,1-5,12-15,17-18H2,(H,31,35);6-7,10,13,15,17,21H,1-5,8-9,11,19H2;/t20-,25-,27-;15-,17-;/m11./s1. The molecule has 1 radical (unpaired) electrons. The van der Waals surface area contributed by atoms with Crippen molar-refractivity contribution >= 4 is 46.4 Å². The molecule has 0 unspecified atom stereocenters. The fraction of sp³-hybridized carbons (Fsp3) is 0.578. The molecule has 10 nitrogen and oxygen atoms in total. The number of anilines is 1. The summed E-state index contributed by atoms with van der Waals surface area (Å²) < 4.78 is 11.8. The number of rotatable bonds is 15. The second-order valence-electron chi connectivity index (χ2n) is 16.8. The number of nitrogens with zero attached hydrogens (tertiary/aromatic N) is 3. The number of nitrogens with one attached hydrogen (secondary N) is 1. The van der Waals surface area contributed by atoms with Crippen LogP contribution >= 0.6 is 34.8 Å². The Bertz CT molecular complexity index is 1790. The summed E-state index contributed by atoms with van der Waals surface area (Å²) in [6.45, 7) is 6.93. The molecule has 3 heterocycles. The van der Waals surface area contributed by atoms with E-state index < -0.39 is 18.2 Å². The van der Waals surface area contributed by atoms with E-state index in [0.29, 0.717) is 51.3 Å². The third-order valence-electron chi connectivity index (χ3n) is 12.5. The van der Waals surface area contributed by atoms with Crippen molar-refractivity contribution in [1.82, 2.24) is 15.1 Å². The van der Waals surface area contributed by atoms with E-state index >= 15 is 0 Å². The number of carbonyl (C=O) groups excluding carboxylic acids is 1. The molecule has 2 aliphatic carbocycles. The zero-order chi connectivity index (χ0) is 40.6. The number of halogens is 3. The van der Waals surface area contributed by atoms with Crippen LogP contribution in [0.2, 0.25) is 15.1 Å². The summed E-state index contributed by atoms with van der Waals surface area (Å²) in [4.78, 5) is 20.2. The molecule has 3 aromatic carbocycles. The summed E-state index contributed by atoms with van der Waals surface area (Å²) >= 11 is 18.8. The first kappa shape index (κ1) is 46.8. The molecule has 8 rings (SSSR count). The number of benzene rings is 3. The molecule has 5 N–H and O–H groups in total. The second kappa shape index (κ2) is 22.6. The molecular formula is C45H60Cl3N5O5Y. The van der Waals surface area contributed by atoms with Gasteiger partial charge in [-0.05, 0) is 156 Å². The first-order valence-corrected chi connectivity index (χ1v) is 22.5. The number of ether oxygens (including phenoxy) is 2. The van der Waals surface area contributed by atoms with Crippen LogP contribution in [0.5, 0.6) is 11.5 Å². The average Bonchev–Trinajstić information content (AvgIpc) is 4.00. The molecule has 5 fully saturated rings. The third-order valence-corrected chi connectivity index (χ3v) is 13.3. The van der Waals surface area contributed by atoms with Gasteiger partial charge in [0, 0.05) is 75.6 Å². The summed E-state index contributed by atoms with van der Waals surface area (Å²) in [7, 11) is 0. The molecule has 319 valence electrons. The Kier molecular flexibility index (Phi) is 17.9. The number of carbonyl (C=O) groups is 1. The van der Waals surface area contributed by atoms with Crippen LogP contribution in [-0.4, -0.2) is 103 Å². The van der Waals surface area contributed by atoms with Crippen LogP contribution in [0.3, 0.4) is 0 Å². The number of hydrogen-bond donors (Lipinski definition) is 4. The van der Waals surface area contributed by atoms with Gasteiger partial charge in [-0.1, -0.05) is 46.9 Å². The van der Waals surface area contributed by atoms with Gasteiger partial charge in [-0.3, -0.25) is 4.79 Å². The van der Waals surface area contributed by atoms with Crippen molar-refractivity contribution < 1.29 is 57.2 Å². The Morgan fingerprint density at radius 2 is 1.20 bits per heavy atom. The van der Waals surface area contributed by atoms with Crippen LogP contribution in [0.1, 0.15) is 94.0 Å². The van der Waals surface area contributed by atoms with Gasteiger partial charge < -0.3 is 45.4 Å². The Hall–Kier alpha value is -1.70. The monoisotopic (exact) mass is 944 g/mol. The quantitative estimate of drug-likeness (QED) is 0.121. The molecule has 14 heteroatoms. The molecular weight excluding hydrogens is 886 g/mol. The number of amides is 1. The van der Waals surface area contributed by atoms with Crippen molar-refractivity contribution in [3.05, 3.63) is 86.9 Å². The molecule has 5 atom stereocenters. The van der Waals surface area contributed by atoms with Gasteiger partial charge in [0.25, 0.3) is 0 Å². The molecule has 3 saturated heterocycles. The van der Waals surface area contributed by atoms with Gasteiger partial charge in [0.1, 0.15) is 17.6 Å². The predicted octanol–water partition coefficient (Wildman–Crippen LogP) is 7.79. The smallest absolute Gasteiger partial charge is 0.225 e. The largest absolute Gasteiger partial charge is 0.489 e. The van der Waals surface area contributed by atoms with Crippen molar-refractivity contribution in [3.8, 4) is 11.5 Å². The van der Waals surface area contributed by atoms with Gasteiger partial charge in [-0.25, -0.2) is 0 Å². The fourth-order valence-corrected chi connectivity index (χ4v) is 8.99. The van der Waals surface area contributed by atoms with E-state index in [-0.39, 0.29) is 56.7 Å². The van der Waals surface area contributed by atoms with Crippen LogP contribution in [0.4, 0.5) is 5.69 Å². The topological polar surface area (TPSA) is 124 Å². The molecule has 1 amide bonds. The molecule has 3 aliphatic heterocycles. The molecule has 3 aromatic rings. The summed E-state index contributed by atoms with van der Waals surface area (Å²) in [5.74, 6) is 1.22. The second-order valence-corrected chi connectivity index (χ2v) is 18.1. The van der Waals surface area contributed by atoms with Gasteiger partial charge >= 0.3 is 0 Å². The van der Waals surface area contributed by atoms with E-state index in [1.54, 1.807) is 12.1 Å². The summed E-state index contributed by atoms with van der Waals surface area (Å²) in [5.41, 5.74) is 8.69. The molecule has 59 heavy (non-hydrogen) atoms. The number of aliphatic hydroxyl groups excluding tert-OH is 2.